The zero-order valence-corrected chi connectivity index (χ0v) is 5.04. The highest BCUT2D eigenvalue weighted by Gasteiger charge is 2.14. The van der Waals surface area contributed by atoms with E-state index in [2.05, 4.69) is 0 Å². The van der Waals surface area contributed by atoms with Crippen LogP contribution in [0.25, 0.3) is 0 Å². The summed E-state index contributed by atoms with van der Waals surface area (Å²) in [6.07, 6.45) is 0. The van der Waals surface area contributed by atoms with Crippen molar-refractivity contribution >= 4 is 6.03 Å². The Hall–Kier alpha value is -0.770. The van der Waals surface area contributed by atoms with E-state index in [1.165, 1.54) is 4.90 Å². The van der Waals surface area contributed by atoms with Crippen molar-refractivity contribution in [1.29, 1.82) is 0 Å². The average Bonchev–Trinajstić information content (AvgIpc) is 1.90. The summed E-state index contributed by atoms with van der Waals surface area (Å²) in [7, 11) is 0. The van der Waals surface area contributed by atoms with Crippen LogP contribution in [0.3, 0.4) is 0 Å². The Bertz CT molecular complexity index is 110. The van der Waals surface area contributed by atoms with Crippen LogP contribution in [0.5, 0.6) is 0 Å². The highest BCUT2D eigenvalue weighted by Crippen LogP contribution is 1.94. The maximum absolute atomic E-state index is 10.2. The molecule has 0 aromatic heterocycles. The highest BCUT2D eigenvalue weighted by atomic mass is 16.5. The second-order valence-corrected chi connectivity index (χ2v) is 1.88. The van der Waals surface area contributed by atoms with Gasteiger partial charge in [-0.25, -0.2) is 4.79 Å². The van der Waals surface area contributed by atoms with Crippen molar-refractivity contribution in [2.45, 2.75) is 0 Å². The van der Waals surface area contributed by atoms with Crippen LogP contribution in [0.2, 0.25) is 0 Å². The lowest BCUT2D eigenvalue weighted by Crippen LogP contribution is -2.40. The van der Waals surface area contributed by atoms with Crippen LogP contribution < -0.4 is 5.73 Å². The topological polar surface area (TPSA) is 51.8 Å². The van der Waals surface area contributed by atoms with E-state index in [9.17, 15) is 4.79 Å². The summed E-state index contributed by atoms with van der Waals surface area (Å²) in [6, 6.07) is -0.849. The largest absolute Gasteiger partial charge is 0.378 e. The number of hydrogen-bond acceptors (Lipinski definition) is 2. The first kappa shape index (κ1) is 6.35. The molecule has 0 atom stereocenters. The molecule has 0 unspecified atom stereocenters. The number of carbonyl (C=O) groups is 1. The zero-order chi connectivity index (χ0) is 6.69. The smallest absolute Gasteiger partial charge is 0.362 e. The molecule has 1 heterocycles. The molecule has 0 aromatic rings. The van der Waals surface area contributed by atoms with Crippen LogP contribution in [-0.2, 0) is 4.74 Å². The van der Waals surface area contributed by atoms with Crippen molar-refractivity contribution in [2.24, 2.45) is 0 Å². The monoisotopic (exact) mass is 128 g/mol. The van der Waals surface area contributed by atoms with Gasteiger partial charge >= 0.3 is 6.03 Å². The van der Waals surface area contributed by atoms with Gasteiger partial charge in [-0.05, 0) is 0 Å². The lowest BCUT2D eigenvalue weighted by atomic mass is 10.4. The maximum atomic E-state index is 10.2. The Morgan fingerprint density at radius 3 is 2.33 bits per heavy atom. The number of amides is 2. The maximum Gasteiger partial charge on any atom is 0.362 e. The zero-order valence-electron chi connectivity index (χ0n) is 5.04. The normalized spacial score (nSPS) is 19.8. The third-order valence-corrected chi connectivity index (χ3v) is 1.28. The molecule has 1 saturated heterocycles. The van der Waals surface area contributed by atoms with Gasteiger partial charge in [0.25, 0.3) is 0 Å². The summed E-state index contributed by atoms with van der Waals surface area (Å²) >= 11 is 0. The van der Waals surface area contributed by atoms with Gasteiger partial charge in [0.15, 0.2) is 0 Å². The minimum atomic E-state index is -0.849. The summed E-state index contributed by atoms with van der Waals surface area (Å²) < 4.78 is 4.94. The Morgan fingerprint density at radius 2 is 2.00 bits per heavy atom. The number of hydrogen-bond donors (Lipinski definition) is 0. The van der Waals surface area contributed by atoms with Gasteiger partial charge < -0.3 is 9.64 Å². The van der Waals surface area contributed by atoms with Gasteiger partial charge in [0.05, 0.1) is 13.2 Å². The fourth-order valence-electron chi connectivity index (χ4n) is 0.755. The van der Waals surface area contributed by atoms with Crippen molar-refractivity contribution in [3.8, 4) is 0 Å². The Kier molecular flexibility index (Phi) is 1.89. The molecule has 1 rings (SSSR count). The highest BCUT2D eigenvalue weighted by molar-refractivity contribution is 5.71. The van der Waals surface area contributed by atoms with Gasteiger partial charge in [-0.15, -0.1) is 0 Å². The van der Waals surface area contributed by atoms with Gasteiger partial charge in [-0.3, -0.25) is 0 Å². The molecule has 4 heteroatoms. The van der Waals surface area contributed by atoms with Crippen LogP contribution in [0, 0.1) is 0 Å². The third kappa shape index (κ3) is 1.57. The molecular weight excluding hydrogens is 120 g/mol. The van der Waals surface area contributed by atoms with Crippen LogP contribution in [-0.4, -0.2) is 37.2 Å². The minimum absolute atomic E-state index is 0.509. The molecule has 2 amide bonds. The summed E-state index contributed by atoms with van der Waals surface area (Å²) in [4.78, 5) is 11.6. The summed E-state index contributed by atoms with van der Waals surface area (Å²) in [6.45, 7) is 2.09. The predicted octanol–water partition coefficient (Wildman–Crippen LogP) is -0.493. The van der Waals surface area contributed by atoms with Crippen LogP contribution in [0.4, 0.5) is 4.79 Å². The number of morpholine rings is 1. The SMILES string of the molecule is [N]C(=O)N1CCOCC1. The molecule has 0 spiro atoms. The van der Waals surface area contributed by atoms with Crippen LogP contribution in [0.1, 0.15) is 0 Å². The van der Waals surface area contributed by atoms with Crippen LogP contribution >= 0.6 is 0 Å². The van der Waals surface area contributed by atoms with Gasteiger partial charge in [-0.2, -0.15) is 0 Å². The Balaban J connectivity index is 2.31. The van der Waals surface area contributed by atoms with E-state index in [4.69, 9.17) is 10.5 Å². The quantitative estimate of drug-likeness (QED) is 0.442. The van der Waals surface area contributed by atoms with E-state index in [-0.39, 0.29) is 0 Å². The molecule has 0 bridgehead atoms. The summed E-state index contributed by atoms with van der Waals surface area (Å²) in [5.74, 6) is 0. The van der Waals surface area contributed by atoms with Crippen molar-refractivity contribution < 1.29 is 9.53 Å². The molecule has 2 radical (unpaired) electrons. The first-order valence-electron chi connectivity index (χ1n) is 2.86. The Labute approximate surface area is 53.6 Å². The van der Waals surface area contributed by atoms with Gasteiger partial charge in [0, 0.05) is 13.1 Å². The minimum Gasteiger partial charge on any atom is -0.378 e. The number of carbonyl (C=O) groups excluding carboxylic acids is 1. The summed E-state index contributed by atoms with van der Waals surface area (Å²) in [5.41, 5.74) is 8.41. The number of rotatable bonds is 0. The van der Waals surface area contributed by atoms with E-state index < -0.39 is 6.03 Å². The first-order chi connectivity index (χ1) is 4.30. The van der Waals surface area contributed by atoms with Gasteiger partial charge in [0.2, 0.25) is 0 Å². The molecule has 0 N–H and O–H groups in total. The molecule has 4 nitrogen and oxygen atoms in total. The first-order valence-corrected chi connectivity index (χ1v) is 2.86. The lowest BCUT2D eigenvalue weighted by Gasteiger charge is -2.23. The molecule has 0 saturated carbocycles. The second-order valence-electron chi connectivity index (χ2n) is 1.88. The van der Waals surface area contributed by atoms with E-state index in [1.807, 2.05) is 0 Å². The van der Waals surface area contributed by atoms with Gasteiger partial charge in [-0.1, -0.05) is 5.73 Å². The molecule has 0 aromatic carbocycles. The lowest BCUT2D eigenvalue weighted by molar-refractivity contribution is 0.0550. The van der Waals surface area contributed by atoms with Crippen molar-refractivity contribution in [2.75, 3.05) is 26.3 Å². The summed E-state index contributed by atoms with van der Waals surface area (Å²) in [5, 5.41) is 0. The van der Waals surface area contributed by atoms with Gasteiger partial charge in [0.1, 0.15) is 0 Å². The molecule has 1 aliphatic heterocycles. The predicted molar refractivity (Wildman–Crippen MR) is 29.9 cm³/mol. The fraction of sp³-hybridized carbons (Fsp3) is 0.800. The third-order valence-electron chi connectivity index (χ3n) is 1.28. The number of nitrogens with zero attached hydrogens (tertiary/aromatic N) is 2. The molecule has 0 aliphatic carbocycles. The number of urea groups is 1. The average molecular weight is 128 g/mol. The van der Waals surface area contributed by atoms with E-state index in [0.717, 1.165) is 0 Å². The molecule has 50 valence electrons. The van der Waals surface area contributed by atoms with Crippen molar-refractivity contribution in [3.05, 3.63) is 0 Å². The Morgan fingerprint density at radius 1 is 1.44 bits per heavy atom. The van der Waals surface area contributed by atoms with E-state index in [1.54, 1.807) is 0 Å². The van der Waals surface area contributed by atoms with Crippen molar-refractivity contribution in [3.63, 3.8) is 0 Å². The standard InChI is InChI=1S/C5H8N2O2/c6-5(8)7-1-3-9-4-2-7/h1-4H2. The van der Waals surface area contributed by atoms with Crippen molar-refractivity contribution in [1.82, 2.24) is 10.6 Å². The molecule has 1 aliphatic rings. The van der Waals surface area contributed by atoms with E-state index >= 15 is 0 Å². The molecule has 9 heavy (non-hydrogen) atoms. The molecular formula is C5H8N2O2. The fourth-order valence-corrected chi connectivity index (χ4v) is 0.755. The van der Waals surface area contributed by atoms with Crippen LogP contribution in [0.15, 0.2) is 0 Å². The van der Waals surface area contributed by atoms with E-state index in [0.29, 0.717) is 26.3 Å². The second kappa shape index (κ2) is 2.68. The molecule has 1 fully saturated rings. The number of ether oxygens (including phenoxy) is 1.